The molecule has 1 aliphatic rings. The summed E-state index contributed by atoms with van der Waals surface area (Å²) >= 11 is 0. The molecular weight excluding hydrogens is 307 g/mol. The molecule has 2 aromatic rings. The van der Waals surface area contributed by atoms with Gasteiger partial charge >= 0.3 is 0 Å². The Morgan fingerprint density at radius 3 is 2.71 bits per heavy atom. The van der Waals surface area contributed by atoms with Gasteiger partial charge in [-0.2, -0.15) is 0 Å². The van der Waals surface area contributed by atoms with Crippen LogP contribution in [0.2, 0.25) is 0 Å². The number of amides is 1. The predicted octanol–water partition coefficient (Wildman–Crippen LogP) is 2.60. The molecule has 2 aromatic carbocycles. The van der Waals surface area contributed by atoms with Crippen LogP contribution >= 0.6 is 0 Å². The van der Waals surface area contributed by atoms with E-state index in [-0.39, 0.29) is 23.9 Å². The fourth-order valence-electron chi connectivity index (χ4n) is 2.99. The Morgan fingerprint density at radius 2 is 2.00 bits per heavy atom. The topological polar surface area (TPSA) is 50.4 Å². The van der Waals surface area contributed by atoms with Gasteiger partial charge in [-0.3, -0.25) is 4.79 Å². The molecule has 1 fully saturated rings. The van der Waals surface area contributed by atoms with Gasteiger partial charge in [0, 0.05) is 19.2 Å². The molecular formula is C19H21FN2O2. The Bertz CT molecular complexity index is 703. The number of ether oxygens (including phenoxy) is 1. The van der Waals surface area contributed by atoms with Crippen LogP contribution < -0.4 is 10.6 Å². The number of rotatable bonds is 4. The van der Waals surface area contributed by atoms with Crippen LogP contribution in [0.5, 0.6) is 0 Å². The van der Waals surface area contributed by atoms with Crippen molar-refractivity contribution < 1.29 is 13.9 Å². The molecule has 2 atom stereocenters. The van der Waals surface area contributed by atoms with Crippen LogP contribution in [-0.4, -0.2) is 38.3 Å². The lowest BCUT2D eigenvalue weighted by Gasteiger charge is -2.31. The van der Waals surface area contributed by atoms with Crippen LogP contribution in [0.1, 0.15) is 16.8 Å². The number of halogens is 1. The maximum atomic E-state index is 13.3. The Labute approximate surface area is 141 Å². The Hall–Kier alpha value is -2.24. The highest BCUT2D eigenvalue weighted by Crippen LogP contribution is 2.20. The van der Waals surface area contributed by atoms with Crippen molar-refractivity contribution in [2.45, 2.75) is 18.6 Å². The lowest BCUT2D eigenvalue weighted by atomic mass is 10.0. The zero-order valence-electron chi connectivity index (χ0n) is 13.6. The minimum atomic E-state index is -0.273. The van der Waals surface area contributed by atoms with Crippen molar-refractivity contribution in [3.63, 3.8) is 0 Å². The van der Waals surface area contributed by atoms with Gasteiger partial charge in [-0.05, 0) is 48.4 Å². The number of hydrogen-bond acceptors (Lipinski definition) is 3. The summed E-state index contributed by atoms with van der Waals surface area (Å²) in [5.74, 6) is -0.402. The van der Waals surface area contributed by atoms with Crippen molar-refractivity contribution in [3.05, 3.63) is 59.9 Å². The van der Waals surface area contributed by atoms with E-state index in [0.29, 0.717) is 12.1 Å². The molecule has 1 amide bonds. The van der Waals surface area contributed by atoms with Gasteiger partial charge in [0.05, 0.1) is 12.1 Å². The zero-order chi connectivity index (χ0) is 16.9. The van der Waals surface area contributed by atoms with Gasteiger partial charge < -0.3 is 15.4 Å². The number of hydrogen-bond donors (Lipinski definition) is 2. The summed E-state index contributed by atoms with van der Waals surface area (Å²) in [6, 6.07) is 13.5. The van der Waals surface area contributed by atoms with Crippen LogP contribution in [0.15, 0.2) is 48.5 Å². The maximum Gasteiger partial charge on any atom is 0.251 e. The van der Waals surface area contributed by atoms with Crippen molar-refractivity contribution >= 4 is 5.91 Å². The first kappa shape index (κ1) is 16.6. The van der Waals surface area contributed by atoms with Crippen molar-refractivity contribution in [2.75, 3.05) is 20.2 Å². The fraction of sp³-hybridized carbons (Fsp3) is 0.316. The van der Waals surface area contributed by atoms with Gasteiger partial charge in [-0.1, -0.05) is 24.3 Å². The quantitative estimate of drug-likeness (QED) is 0.907. The van der Waals surface area contributed by atoms with E-state index in [0.717, 1.165) is 24.1 Å². The number of benzene rings is 2. The van der Waals surface area contributed by atoms with Crippen molar-refractivity contribution in [1.82, 2.24) is 10.6 Å². The summed E-state index contributed by atoms with van der Waals surface area (Å²) < 4.78 is 18.7. The number of piperidine rings is 1. The van der Waals surface area contributed by atoms with Gasteiger partial charge in [0.15, 0.2) is 0 Å². The van der Waals surface area contributed by atoms with Crippen LogP contribution in [0.25, 0.3) is 11.1 Å². The second-order valence-corrected chi connectivity index (χ2v) is 5.93. The van der Waals surface area contributed by atoms with Gasteiger partial charge in [0.2, 0.25) is 0 Å². The molecule has 24 heavy (non-hydrogen) atoms. The average molecular weight is 328 g/mol. The van der Waals surface area contributed by atoms with Crippen LogP contribution in [0.4, 0.5) is 4.39 Å². The summed E-state index contributed by atoms with van der Waals surface area (Å²) in [6.07, 6.45) is 0.904. The normalized spacial score (nSPS) is 20.6. The van der Waals surface area contributed by atoms with E-state index in [1.165, 1.54) is 12.1 Å². The van der Waals surface area contributed by atoms with Crippen LogP contribution in [-0.2, 0) is 4.74 Å². The molecule has 2 N–H and O–H groups in total. The standard InChI is InChI=1S/C19H21FN2O2/c1-24-18-9-10-21-12-17(18)22-19(23)14-7-5-13(6-8-14)15-3-2-4-16(20)11-15/h2-8,11,17-18,21H,9-10,12H2,1H3,(H,22,23)/t17-,18+/m0/s1. The lowest BCUT2D eigenvalue weighted by molar-refractivity contribution is 0.0448. The first-order valence-corrected chi connectivity index (χ1v) is 8.08. The largest absolute Gasteiger partial charge is 0.379 e. The molecule has 0 aliphatic carbocycles. The SMILES string of the molecule is CO[C@@H]1CCNC[C@@H]1NC(=O)c1ccc(-c2cccc(F)c2)cc1. The monoisotopic (exact) mass is 328 g/mol. The van der Waals surface area contributed by atoms with E-state index >= 15 is 0 Å². The Balaban J connectivity index is 1.69. The average Bonchev–Trinajstić information content (AvgIpc) is 2.62. The van der Waals surface area contributed by atoms with Crippen molar-refractivity contribution in [3.8, 4) is 11.1 Å². The lowest BCUT2D eigenvalue weighted by Crippen LogP contribution is -2.54. The molecule has 0 saturated carbocycles. The first-order chi connectivity index (χ1) is 11.7. The number of carbonyl (C=O) groups excluding carboxylic acids is 1. The smallest absolute Gasteiger partial charge is 0.251 e. The summed E-state index contributed by atoms with van der Waals surface area (Å²) in [7, 11) is 1.67. The number of methoxy groups -OCH3 is 1. The molecule has 0 spiro atoms. The molecule has 0 bridgehead atoms. The molecule has 3 rings (SSSR count). The fourth-order valence-corrected chi connectivity index (χ4v) is 2.99. The maximum absolute atomic E-state index is 13.3. The molecule has 1 heterocycles. The molecule has 1 saturated heterocycles. The van der Waals surface area contributed by atoms with Gasteiger partial charge in [-0.15, -0.1) is 0 Å². The molecule has 5 heteroatoms. The van der Waals surface area contributed by atoms with E-state index in [4.69, 9.17) is 4.74 Å². The van der Waals surface area contributed by atoms with E-state index in [2.05, 4.69) is 10.6 Å². The molecule has 0 radical (unpaired) electrons. The Kier molecular flexibility index (Phi) is 5.23. The van der Waals surface area contributed by atoms with E-state index < -0.39 is 0 Å². The third kappa shape index (κ3) is 3.80. The Morgan fingerprint density at radius 1 is 1.21 bits per heavy atom. The summed E-state index contributed by atoms with van der Waals surface area (Å²) in [6.45, 7) is 1.60. The minimum Gasteiger partial charge on any atom is -0.379 e. The van der Waals surface area contributed by atoms with Gasteiger partial charge in [0.1, 0.15) is 5.82 Å². The van der Waals surface area contributed by atoms with E-state index in [9.17, 15) is 9.18 Å². The predicted molar refractivity (Wildman–Crippen MR) is 91.4 cm³/mol. The molecule has 0 unspecified atom stereocenters. The second-order valence-electron chi connectivity index (χ2n) is 5.93. The highest BCUT2D eigenvalue weighted by Gasteiger charge is 2.26. The summed E-state index contributed by atoms with van der Waals surface area (Å²) in [5, 5.41) is 6.28. The molecule has 1 aliphatic heterocycles. The highest BCUT2D eigenvalue weighted by molar-refractivity contribution is 5.95. The van der Waals surface area contributed by atoms with Crippen molar-refractivity contribution in [1.29, 1.82) is 0 Å². The molecule has 126 valence electrons. The minimum absolute atomic E-state index is 0.0294. The van der Waals surface area contributed by atoms with Crippen LogP contribution in [0.3, 0.4) is 0 Å². The third-order valence-corrected chi connectivity index (χ3v) is 4.34. The first-order valence-electron chi connectivity index (χ1n) is 8.08. The van der Waals surface area contributed by atoms with Crippen molar-refractivity contribution in [2.24, 2.45) is 0 Å². The van der Waals surface area contributed by atoms with Crippen LogP contribution in [0, 0.1) is 5.82 Å². The second kappa shape index (κ2) is 7.55. The van der Waals surface area contributed by atoms with E-state index in [1.54, 1.807) is 25.3 Å². The third-order valence-electron chi connectivity index (χ3n) is 4.34. The summed E-state index contributed by atoms with van der Waals surface area (Å²) in [4.78, 5) is 12.4. The summed E-state index contributed by atoms with van der Waals surface area (Å²) in [5.41, 5.74) is 2.24. The van der Waals surface area contributed by atoms with E-state index in [1.807, 2.05) is 18.2 Å². The molecule has 4 nitrogen and oxygen atoms in total. The highest BCUT2D eigenvalue weighted by atomic mass is 19.1. The number of carbonyl (C=O) groups is 1. The zero-order valence-corrected chi connectivity index (χ0v) is 13.6. The molecule has 0 aromatic heterocycles. The van der Waals surface area contributed by atoms with Gasteiger partial charge in [0.25, 0.3) is 5.91 Å². The van der Waals surface area contributed by atoms with Gasteiger partial charge in [-0.25, -0.2) is 4.39 Å². The number of nitrogens with one attached hydrogen (secondary N) is 2.